The number of hydrogen-bond acceptors (Lipinski definition) is 3. The molecule has 0 aliphatic carbocycles. The van der Waals surface area contributed by atoms with Crippen LogP contribution in [0.15, 0.2) is 79.0 Å². The molecule has 7 nitrogen and oxygen atoms in total. The van der Waals surface area contributed by atoms with Gasteiger partial charge in [-0.05, 0) is 54.2 Å². The first-order valence-electron chi connectivity index (χ1n) is 13.9. The van der Waals surface area contributed by atoms with Crippen molar-refractivity contribution in [2.24, 2.45) is 0 Å². The second-order valence-electron chi connectivity index (χ2n) is 10.5. The third kappa shape index (κ3) is 7.73. The van der Waals surface area contributed by atoms with Gasteiger partial charge in [-0.1, -0.05) is 74.0 Å². The summed E-state index contributed by atoms with van der Waals surface area (Å²) in [5, 5.41) is 4.11. The molecule has 4 aromatic rings. The van der Waals surface area contributed by atoms with Crippen LogP contribution in [0, 0.1) is 6.92 Å². The van der Waals surface area contributed by atoms with Crippen LogP contribution < -0.4 is 5.32 Å². The molecule has 2 N–H and O–H groups in total. The number of nitrogens with one attached hydrogen (secondary N) is 2. The molecular formula is C33H40N4O3. The van der Waals surface area contributed by atoms with Crippen molar-refractivity contribution in [2.75, 3.05) is 38.7 Å². The molecule has 0 radical (unpaired) electrons. The fourth-order valence-electron chi connectivity index (χ4n) is 4.67. The van der Waals surface area contributed by atoms with Gasteiger partial charge in [-0.2, -0.15) is 0 Å². The molecule has 0 saturated carbocycles. The smallest absolute Gasteiger partial charge is 0.322 e. The second-order valence-corrected chi connectivity index (χ2v) is 10.5. The number of carbonyl (C=O) groups excluding carboxylic acids is 2. The summed E-state index contributed by atoms with van der Waals surface area (Å²) >= 11 is 0. The van der Waals surface area contributed by atoms with Crippen molar-refractivity contribution in [3.63, 3.8) is 0 Å². The highest BCUT2D eigenvalue weighted by Crippen LogP contribution is 2.20. The molecule has 0 aliphatic rings. The summed E-state index contributed by atoms with van der Waals surface area (Å²) in [6.07, 6.45) is 2.72. The number of urea groups is 1. The van der Waals surface area contributed by atoms with Crippen LogP contribution in [0.2, 0.25) is 0 Å². The van der Waals surface area contributed by atoms with E-state index in [2.05, 4.69) is 60.5 Å². The third-order valence-electron chi connectivity index (χ3n) is 7.18. The number of rotatable bonds is 12. The zero-order valence-corrected chi connectivity index (χ0v) is 23.9. The van der Waals surface area contributed by atoms with E-state index in [1.807, 2.05) is 54.4 Å². The SMILES string of the molecule is COCCN(CC(=O)N(CCc1c[nH]c2ccccc12)Cc1ccc(C)cc1)C(=O)Nc1ccc(C(C)C)cc1. The molecule has 0 atom stereocenters. The lowest BCUT2D eigenvalue weighted by Crippen LogP contribution is -2.46. The fourth-order valence-corrected chi connectivity index (χ4v) is 4.67. The third-order valence-corrected chi connectivity index (χ3v) is 7.18. The standard InChI is InChI=1S/C33H40N4O3/c1-24(2)27-13-15-29(16-14-27)35-33(39)37(19-20-40-4)23-32(38)36(22-26-11-9-25(3)10-12-26)18-17-28-21-34-31-8-6-5-7-30(28)31/h5-16,21,24,34H,17-20,22-23H2,1-4H3,(H,35,39). The quantitative estimate of drug-likeness (QED) is 0.220. The van der Waals surface area contributed by atoms with Gasteiger partial charge >= 0.3 is 6.03 Å². The van der Waals surface area contributed by atoms with E-state index in [4.69, 9.17) is 4.74 Å². The van der Waals surface area contributed by atoms with Gasteiger partial charge in [-0.3, -0.25) is 4.79 Å². The van der Waals surface area contributed by atoms with E-state index in [1.165, 1.54) is 16.0 Å². The lowest BCUT2D eigenvalue weighted by Gasteiger charge is -2.28. The van der Waals surface area contributed by atoms with E-state index in [9.17, 15) is 9.59 Å². The number of aryl methyl sites for hydroxylation is 1. The Bertz CT molecular complexity index is 1390. The molecular weight excluding hydrogens is 500 g/mol. The van der Waals surface area contributed by atoms with Gasteiger partial charge in [0.25, 0.3) is 0 Å². The van der Waals surface area contributed by atoms with Crippen LogP contribution in [0.25, 0.3) is 10.9 Å². The Morgan fingerprint density at radius 2 is 1.65 bits per heavy atom. The van der Waals surface area contributed by atoms with Gasteiger partial charge in [0.05, 0.1) is 6.61 Å². The number of amides is 3. The maximum atomic E-state index is 13.7. The van der Waals surface area contributed by atoms with Crippen LogP contribution in [0.3, 0.4) is 0 Å². The predicted octanol–water partition coefficient (Wildman–Crippen LogP) is 6.35. The maximum absolute atomic E-state index is 13.7. The topological polar surface area (TPSA) is 77.7 Å². The van der Waals surface area contributed by atoms with Crippen molar-refractivity contribution in [3.8, 4) is 0 Å². The summed E-state index contributed by atoms with van der Waals surface area (Å²) in [7, 11) is 1.59. The summed E-state index contributed by atoms with van der Waals surface area (Å²) in [4.78, 5) is 33.7. The molecule has 40 heavy (non-hydrogen) atoms. The van der Waals surface area contributed by atoms with Crippen LogP contribution in [-0.2, 0) is 22.5 Å². The Morgan fingerprint density at radius 1 is 0.925 bits per heavy atom. The molecule has 0 bridgehead atoms. The Morgan fingerprint density at radius 3 is 2.35 bits per heavy atom. The number of aromatic amines is 1. The number of H-pyrrole nitrogens is 1. The normalized spacial score (nSPS) is 11.1. The van der Waals surface area contributed by atoms with E-state index in [0.29, 0.717) is 44.3 Å². The van der Waals surface area contributed by atoms with E-state index in [1.54, 1.807) is 7.11 Å². The molecule has 1 heterocycles. The van der Waals surface area contributed by atoms with Gasteiger partial charge < -0.3 is 24.8 Å². The lowest BCUT2D eigenvalue weighted by molar-refractivity contribution is -0.132. The first-order valence-corrected chi connectivity index (χ1v) is 13.9. The first kappa shape index (κ1) is 28.9. The van der Waals surface area contributed by atoms with Crippen LogP contribution in [0.1, 0.15) is 42.0 Å². The minimum atomic E-state index is -0.324. The predicted molar refractivity (Wildman–Crippen MR) is 162 cm³/mol. The Hall–Kier alpha value is -4.10. The van der Waals surface area contributed by atoms with E-state index < -0.39 is 0 Å². The van der Waals surface area contributed by atoms with Crippen molar-refractivity contribution in [1.29, 1.82) is 0 Å². The molecule has 0 unspecified atom stereocenters. The number of aromatic nitrogens is 1. The molecule has 4 rings (SSSR count). The summed E-state index contributed by atoms with van der Waals surface area (Å²) in [5.74, 6) is 0.297. The molecule has 7 heteroatoms. The summed E-state index contributed by atoms with van der Waals surface area (Å²) in [6, 6.07) is 23.9. The van der Waals surface area contributed by atoms with Crippen LogP contribution in [0.4, 0.5) is 10.5 Å². The van der Waals surface area contributed by atoms with Crippen molar-refractivity contribution >= 4 is 28.5 Å². The molecule has 1 aromatic heterocycles. The van der Waals surface area contributed by atoms with Gasteiger partial charge in [-0.15, -0.1) is 0 Å². The van der Waals surface area contributed by atoms with Crippen LogP contribution in [-0.4, -0.2) is 60.1 Å². The molecule has 0 aliphatic heterocycles. The molecule has 0 fully saturated rings. The van der Waals surface area contributed by atoms with Crippen LogP contribution >= 0.6 is 0 Å². The maximum Gasteiger partial charge on any atom is 0.322 e. The number of hydrogen-bond donors (Lipinski definition) is 2. The van der Waals surface area contributed by atoms with Gasteiger partial charge in [0.1, 0.15) is 6.54 Å². The van der Waals surface area contributed by atoms with Crippen molar-refractivity contribution in [1.82, 2.24) is 14.8 Å². The van der Waals surface area contributed by atoms with Gasteiger partial charge in [0, 0.05) is 49.5 Å². The Labute approximate surface area is 237 Å². The molecule has 0 spiro atoms. The number of fused-ring (bicyclic) bond motifs is 1. The van der Waals surface area contributed by atoms with E-state index in [0.717, 1.165) is 22.0 Å². The second kappa shape index (κ2) is 13.8. The number of anilines is 1. The molecule has 0 saturated heterocycles. The molecule has 3 aromatic carbocycles. The number of benzene rings is 3. The number of carbonyl (C=O) groups is 2. The first-order chi connectivity index (χ1) is 19.3. The van der Waals surface area contributed by atoms with Gasteiger partial charge in [0.15, 0.2) is 0 Å². The fraction of sp³-hybridized carbons (Fsp3) is 0.333. The summed E-state index contributed by atoms with van der Waals surface area (Å²) in [6.45, 7) is 7.91. The largest absolute Gasteiger partial charge is 0.383 e. The summed E-state index contributed by atoms with van der Waals surface area (Å²) < 4.78 is 5.25. The van der Waals surface area contributed by atoms with Gasteiger partial charge in [-0.25, -0.2) is 4.79 Å². The highest BCUT2D eigenvalue weighted by atomic mass is 16.5. The number of para-hydroxylation sites is 1. The highest BCUT2D eigenvalue weighted by Gasteiger charge is 2.22. The van der Waals surface area contributed by atoms with Gasteiger partial charge in [0.2, 0.25) is 5.91 Å². The number of methoxy groups -OCH3 is 1. The number of nitrogens with zero attached hydrogens (tertiary/aromatic N) is 2. The minimum Gasteiger partial charge on any atom is -0.383 e. The average Bonchev–Trinajstić information content (AvgIpc) is 3.37. The Balaban J connectivity index is 1.49. The molecule has 3 amide bonds. The van der Waals surface area contributed by atoms with Crippen molar-refractivity contribution < 1.29 is 14.3 Å². The summed E-state index contributed by atoms with van der Waals surface area (Å²) in [5.41, 5.74) is 6.36. The van der Waals surface area contributed by atoms with Crippen molar-refractivity contribution in [3.05, 3.63) is 101 Å². The van der Waals surface area contributed by atoms with Crippen LogP contribution in [0.5, 0.6) is 0 Å². The lowest BCUT2D eigenvalue weighted by atomic mass is 10.0. The zero-order valence-electron chi connectivity index (χ0n) is 23.9. The monoisotopic (exact) mass is 540 g/mol. The minimum absolute atomic E-state index is 0.0426. The van der Waals surface area contributed by atoms with Crippen molar-refractivity contribution in [2.45, 2.75) is 39.7 Å². The molecule has 210 valence electrons. The Kier molecular flexibility index (Phi) is 9.97. The highest BCUT2D eigenvalue weighted by molar-refractivity contribution is 5.92. The zero-order chi connectivity index (χ0) is 28.5. The number of ether oxygens (including phenoxy) is 1. The van der Waals surface area contributed by atoms with E-state index in [-0.39, 0.29) is 18.5 Å². The van der Waals surface area contributed by atoms with E-state index >= 15 is 0 Å². The average molecular weight is 541 g/mol.